The Kier molecular flexibility index (Phi) is 2.93. The molecule has 2 heteroatoms. The molecule has 0 fully saturated rings. The van der Waals surface area contributed by atoms with Crippen LogP contribution in [0.3, 0.4) is 0 Å². The average Bonchev–Trinajstić information content (AvgIpc) is 2.61. The summed E-state index contributed by atoms with van der Waals surface area (Å²) in [4.78, 5) is 0. The fraction of sp³-hybridized carbons (Fsp3) is 0.333. The number of alkyl halides is 1. The van der Waals surface area contributed by atoms with Gasteiger partial charge in [-0.25, -0.2) is 0 Å². The highest BCUT2D eigenvalue weighted by atomic mass is 79.9. The number of fused-ring (bicyclic) bond motifs is 1. The normalized spacial score (nSPS) is 11.1. The molecule has 0 bridgehead atoms. The largest absolute Gasteiger partial charge is 0.144 e. The molecule has 0 aliphatic heterocycles. The summed E-state index contributed by atoms with van der Waals surface area (Å²) in [7, 11) is 0. The Morgan fingerprint density at radius 2 is 2.14 bits per heavy atom. The number of rotatable bonds is 2. The third-order valence-electron chi connectivity index (χ3n) is 2.54. The molecule has 0 atom stereocenters. The topological polar surface area (TPSA) is 0 Å². The van der Waals surface area contributed by atoms with Crippen LogP contribution in [-0.2, 0) is 11.8 Å². The van der Waals surface area contributed by atoms with E-state index in [1.54, 1.807) is 0 Å². The van der Waals surface area contributed by atoms with Gasteiger partial charge in [0.1, 0.15) is 0 Å². The van der Waals surface area contributed by atoms with Crippen LogP contribution in [0, 0.1) is 6.92 Å². The fourth-order valence-electron chi connectivity index (χ4n) is 1.86. The number of hydrogen-bond donors (Lipinski definition) is 0. The summed E-state index contributed by atoms with van der Waals surface area (Å²) < 4.78 is 1.43. The Bertz CT molecular complexity index is 457. The van der Waals surface area contributed by atoms with Crippen LogP contribution in [0.2, 0.25) is 0 Å². The van der Waals surface area contributed by atoms with Gasteiger partial charge in [-0.15, -0.1) is 11.3 Å². The van der Waals surface area contributed by atoms with Crippen molar-refractivity contribution in [2.75, 3.05) is 0 Å². The Morgan fingerprint density at radius 3 is 2.79 bits per heavy atom. The molecule has 0 saturated carbocycles. The summed E-state index contributed by atoms with van der Waals surface area (Å²) in [6.45, 7) is 4.43. The van der Waals surface area contributed by atoms with Crippen LogP contribution in [0.15, 0.2) is 17.5 Å². The van der Waals surface area contributed by atoms with Gasteiger partial charge in [0, 0.05) is 10.0 Å². The molecule has 0 nitrogen and oxygen atoms in total. The highest BCUT2D eigenvalue weighted by Crippen LogP contribution is 2.31. The van der Waals surface area contributed by atoms with Gasteiger partial charge in [-0.1, -0.05) is 28.9 Å². The first-order chi connectivity index (χ1) is 6.76. The molecule has 0 saturated heterocycles. The summed E-state index contributed by atoms with van der Waals surface area (Å²) in [5.74, 6) is 0. The number of benzene rings is 1. The Balaban J connectivity index is 2.72. The maximum atomic E-state index is 3.51. The third kappa shape index (κ3) is 1.61. The van der Waals surface area contributed by atoms with Gasteiger partial charge >= 0.3 is 0 Å². The molecule has 1 aromatic heterocycles. The number of halogens is 1. The number of hydrogen-bond acceptors (Lipinski definition) is 1. The Morgan fingerprint density at radius 1 is 1.36 bits per heavy atom. The second kappa shape index (κ2) is 4.03. The predicted octanol–water partition coefficient (Wildman–Crippen LogP) is 4.67. The lowest BCUT2D eigenvalue weighted by Crippen LogP contribution is -1.83. The molecular formula is C12H13BrS. The quantitative estimate of drug-likeness (QED) is 0.695. The van der Waals surface area contributed by atoms with Crippen LogP contribution in [0.4, 0.5) is 0 Å². The Hall–Kier alpha value is -0.340. The van der Waals surface area contributed by atoms with E-state index in [4.69, 9.17) is 0 Å². The average molecular weight is 269 g/mol. The Labute approximate surface area is 97.1 Å². The molecule has 0 N–H and O–H groups in total. The molecule has 74 valence electrons. The summed E-state index contributed by atoms with van der Waals surface area (Å²) >= 11 is 5.37. The maximum absolute atomic E-state index is 3.51. The molecule has 2 aromatic rings. The van der Waals surface area contributed by atoms with E-state index in [0.29, 0.717) is 0 Å². The lowest BCUT2D eigenvalue weighted by atomic mass is 10.0. The zero-order chi connectivity index (χ0) is 10.1. The van der Waals surface area contributed by atoms with Crippen molar-refractivity contribution < 1.29 is 0 Å². The van der Waals surface area contributed by atoms with E-state index >= 15 is 0 Å². The highest BCUT2D eigenvalue weighted by Gasteiger charge is 2.06. The molecule has 0 aliphatic rings. The molecule has 0 unspecified atom stereocenters. The minimum absolute atomic E-state index is 0.948. The van der Waals surface area contributed by atoms with Gasteiger partial charge in [-0.05, 0) is 46.9 Å². The molecule has 0 aliphatic carbocycles. The zero-order valence-corrected chi connectivity index (χ0v) is 10.8. The van der Waals surface area contributed by atoms with Gasteiger partial charge < -0.3 is 0 Å². The standard InChI is InChI=1S/C12H13BrS/c1-3-10-7-14-11-5-9(6-13)4-8(2)12(10)11/h4-5,7H,3,6H2,1-2H3. The molecule has 0 radical (unpaired) electrons. The molecule has 2 rings (SSSR count). The first-order valence-electron chi connectivity index (χ1n) is 4.81. The fourth-order valence-corrected chi connectivity index (χ4v) is 3.37. The van der Waals surface area contributed by atoms with Crippen molar-refractivity contribution in [1.29, 1.82) is 0 Å². The summed E-state index contributed by atoms with van der Waals surface area (Å²) in [5.41, 5.74) is 4.28. The van der Waals surface area contributed by atoms with E-state index in [1.165, 1.54) is 26.8 Å². The summed E-state index contributed by atoms with van der Waals surface area (Å²) in [6.07, 6.45) is 1.13. The predicted molar refractivity (Wildman–Crippen MR) is 68.6 cm³/mol. The molecule has 0 amide bonds. The van der Waals surface area contributed by atoms with Crippen molar-refractivity contribution in [3.8, 4) is 0 Å². The SMILES string of the molecule is CCc1csc2cc(CBr)cc(C)c12. The van der Waals surface area contributed by atoms with Crippen molar-refractivity contribution in [3.63, 3.8) is 0 Å². The molecule has 0 spiro atoms. The van der Waals surface area contributed by atoms with E-state index in [1.807, 2.05) is 11.3 Å². The van der Waals surface area contributed by atoms with Crippen LogP contribution in [0.25, 0.3) is 10.1 Å². The smallest absolute Gasteiger partial charge is 0.0351 e. The molecule has 1 heterocycles. The van der Waals surface area contributed by atoms with Crippen molar-refractivity contribution >= 4 is 37.4 Å². The van der Waals surface area contributed by atoms with E-state index in [0.717, 1.165) is 11.8 Å². The van der Waals surface area contributed by atoms with E-state index in [2.05, 4.69) is 47.3 Å². The van der Waals surface area contributed by atoms with Gasteiger partial charge in [0.05, 0.1) is 0 Å². The monoisotopic (exact) mass is 268 g/mol. The lowest BCUT2D eigenvalue weighted by Gasteiger charge is -2.02. The van der Waals surface area contributed by atoms with E-state index < -0.39 is 0 Å². The van der Waals surface area contributed by atoms with Crippen molar-refractivity contribution in [3.05, 3.63) is 34.2 Å². The van der Waals surface area contributed by atoms with Gasteiger partial charge in [0.25, 0.3) is 0 Å². The summed E-state index contributed by atoms with van der Waals surface area (Å²) in [6, 6.07) is 4.57. The molecule has 1 aromatic carbocycles. The van der Waals surface area contributed by atoms with Gasteiger partial charge in [0.2, 0.25) is 0 Å². The van der Waals surface area contributed by atoms with Gasteiger partial charge in [0.15, 0.2) is 0 Å². The van der Waals surface area contributed by atoms with Gasteiger partial charge in [-0.3, -0.25) is 0 Å². The minimum atomic E-state index is 0.948. The van der Waals surface area contributed by atoms with Crippen molar-refractivity contribution in [1.82, 2.24) is 0 Å². The summed E-state index contributed by atoms with van der Waals surface area (Å²) in [5, 5.41) is 4.71. The first-order valence-corrected chi connectivity index (χ1v) is 6.82. The van der Waals surface area contributed by atoms with Crippen LogP contribution < -0.4 is 0 Å². The second-order valence-electron chi connectivity index (χ2n) is 3.53. The number of thiophene rings is 1. The van der Waals surface area contributed by atoms with E-state index in [-0.39, 0.29) is 0 Å². The van der Waals surface area contributed by atoms with Crippen LogP contribution in [-0.4, -0.2) is 0 Å². The van der Waals surface area contributed by atoms with Crippen molar-refractivity contribution in [2.45, 2.75) is 25.6 Å². The van der Waals surface area contributed by atoms with Crippen molar-refractivity contribution in [2.24, 2.45) is 0 Å². The molecule has 14 heavy (non-hydrogen) atoms. The molecular weight excluding hydrogens is 256 g/mol. The zero-order valence-electron chi connectivity index (χ0n) is 8.43. The first kappa shape index (κ1) is 10.2. The third-order valence-corrected chi connectivity index (χ3v) is 4.17. The lowest BCUT2D eigenvalue weighted by molar-refractivity contribution is 1.17. The van der Waals surface area contributed by atoms with Crippen LogP contribution >= 0.6 is 27.3 Å². The number of aryl methyl sites for hydroxylation is 2. The maximum Gasteiger partial charge on any atom is 0.0351 e. The van der Waals surface area contributed by atoms with Crippen LogP contribution in [0.1, 0.15) is 23.6 Å². The van der Waals surface area contributed by atoms with E-state index in [9.17, 15) is 0 Å². The minimum Gasteiger partial charge on any atom is -0.144 e. The highest BCUT2D eigenvalue weighted by molar-refractivity contribution is 9.08. The second-order valence-corrected chi connectivity index (χ2v) is 5.01. The van der Waals surface area contributed by atoms with Crippen LogP contribution in [0.5, 0.6) is 0 Å². The van der Waals surface area contributed by atoms with Gasteiger partial charge in [-0.2, -0.15) is 0 Å².